The summed E-state index contributed by atoms with van der Waals surface area (Å²) >= 11 is 0. The lowest BCUT2D eigenvalue weighted by molar-refractivity contribution is -0.138. The monoisotopic (exact) mass is 566 g/mol. The Bertz CT molecular complexity index is 1100. The molecule has 0 radical (unpaired) electrons. The minimum Gasteiger partial charge on any atom is -0.493 e. The molecule has 8 nitrogen and oxygen atoms in total. The first-order valence-electron chi connectivity index (χ1n) is 13.1. The molecule has 2 unspecified atom stereocenters. The SMILES string of the molecule is COCCCOc1cccc(CN2CCN(C(=O)C3CNCCC3NC(=O)c3ccc(F)c(F)c3)CC2)c1.Cl. The molecule has 2 saturated heterocycles. The smallest absolute Gasteiger partial charge is 0.251 e. The molecule has 11 heteroatoms. The lowest BCUT2D eigenvalue weighted by Gasteiger charge is -2.39. The number of amides is 2. The predicted octanol–water partition coefficient (Wildman–Crippen LogP) is 2.85. The molecule has 39 heavy (non-hydrogen) atoms. The standard InChI is InChI=1S/C28H36F2N4O4.ClH/c1-37-14-3-15-38-22-5-2-4-20(16-22)19-33-10-12-34(13-11-33)28(36)23-18-31-9-8-26(23)32-27(35)21-6-7-24(29)25(30)17-21;/h2,4-7,16-17,23,26,31H,3,8-15,18-19H2,1H3,(H,32,35);1H. The lowest BCUT2D eigenvalue weighted by Crippen LogP contribution is -2.58. The summed E-state index contributed by atoms with van der Waals surface area (Å²) in [4.78, 5) is 30.3. The molecule has 2 aromatic carbocycles. The minimum atomic E-state index is -1.07. The number of carbonyl (C=O) groups is 2. The zero-order valence-corrected chi connectivity index (χ0v) is 23.0. The van der Waals surface area contributed by atoms with E-state index >= 15 is 0 Å². The Labute approximate surface area is 234 Å². The maximum absolute atomic E-state index is 13.6. The zero-order chi connectivity index (χ0) is 26.9. The van der Waals surface area contributed by atoms with Gasteiger partial charge in [-0.05, 0) is 48.9 Å². The van der Waals surface area contributed by atoms with Crippen molar-refractivity contribution < 1.29 is 27.8 Å². The van der Waals surface area contributed by atoms with Gasteiger partial charge in [-0.3, -0.25) is 14.5 Å². The second kappa shape index (κ2) is 15.1. The van der Waals surface area contributed by atoms with Crippen LogP contribution in [-0.4, -0.2) is 87.2 Å². The number of nitrogens with one attached hydrogen (secondary N) is 2. The number of hydrogen-bond acceptors (Lipinski definition) is 6. The van der Waals surface area contributed by atoms with Crippen molar-refractivity contribution in [1.82, 2.24) is 20.4 Å². The Hall–Kier alpha value is -2.79. The summed E-state index contributed by atoms with van der Waals surface area (Å²) in [5, 5.41) is 6.12. The second-order valence-corrected chi connectivity index (χ2v) is 9.75. The van der Waals surface area contributed by atoms with Crippen molar-refractivity contribution in [2.45, 2.75) is 25.4 Å². The highest BCUT2D eigenvalue weighted by Gasteiger charge is 2.36. The van der Waals surface area contributed by atoms with Crippen molar-refractivity contribution in [1.29, 1.82) is 0 Å². The van der Waals surface area contributed by atoms with Gasteiger partial charge >= 0.3 is 0 Å². The second-order valence-electron chi connectivity index (χ2n) is 9.75. The number of ether oxygens (including phenoxy) is 2. The molecule has 0 bridgehead atoms. The number of nitrogens with zero attached hydrogens (tertiary/aromatic N) is 2. The molecule has 0 saturated carbocycles. The van der Waals surface area contributed by atoms with Gasteiger partial charge in [0.15, 0.2) is 11.6 Å². The van der Waals surface area contributed by atoms with Crippen molar-refractivity contribution >= 4 is 24.2 Å². The summed E-state index contributed by atoms with van der Waals surface area (Å²) < 4.78 is 37.7. The third kappa shape index (κ3) is 8.60. The van der Waals surface area contributed by atoms with E-state index in [-0.39, 0.29) is 29.9 Å². The van der Waals surface area contributed by atoms with Crippen molar-refractivity contribution in [3.8, 4) is 5.75 Å². The Morgan fingerprint density at radius 3 is 2.59 bits per heavy atom. The molecule has 2 aliphatic heterocycles. The third-order valence-corrected chi connectivity index (χ3v) is 7.05. The van der Waals surface area contributed by atoms with Crippen LogP contribution >= 0.6 is 12.4 Å². The Balaban J connectivity index is 0.00000420. The van der Waals surface area contributed by atoms with Crippen LogP contribution in [0.2, 0.25) is 0 Å². The van der Waals surface area contributed by atoms with Gasteiger partial charge in [0.05, 0.1) is 12.5 Å². The summed E-state index contributed by atoms with van der Waals surface area (Å²) in [5.41, 5.74) is 1.19. The molecule has 2 fully saturated rings. The molecule has 214 valence electrons. The van der Waals surface area contributed by atoms with Crippen LogP contribution < -0.4 is 15.4 Å². The van der Waals surface area contributed by atoms with Gasteiger partial charge in [0.2, 0.25) is 5.91 Å². The molecule has 0 spiro atoms. The van der Waals surface area contributed by atoms with E-state index in [1.165, 1.54) is 6.07 Å². The van der Waals surface area contributed by atoms with Crippen molar-refractivity contribution in [2.75, 3.05) is 59.6 Å². The van der Waals surface area contributed by atoms with Gasteiger partial charge in [-0.1, -0.05) is 12.1 Å². The fraction of sp³-hybridized carbons (Fsp3) is 0.500. The van der Waals surface area contributed by atoms with Gasteiger partial charge in [0, 0.05) is 71.0 Å². The highest BCUT2D eigenvalue weighted by molar-refractivity contribution is 5.95. The van der Waals surface area contributed by atoms with E-state index in [1.807, 2.05) is 17.0 Å². The first-order chi connectivity index (χ1) is 18.4. The maximum Gasteiger partial charge on any atom is 0.251 e. The van der Waals surface area contributed by atoms with Crippen LogP contribution in [0.5, 0.6) is 5.75 Å². The van der Waals surface area contributed by atoms with Gasteiger partial charge < -0.3 is 25.0 Å². The molecule has 2 aromatic rings. The number of benzene rings is 2. The average Bonchev–Trinajstić information content (AvgIpc) is 2.93. The Morgan fingerprint density at radius 2 is 1.85 bits per heavy atom. The topological polar surface area (TPSA) is 83.1 Å². The maximum atomic E-state index is 13.6. The molecule has 2 aliphatic rings. The van der Waals surface area contributed by atoms with Crippen LogP contribution in [0.1, 0.15) is 28.8 Å². The fourth-order valence-corrected chi connectivity index (χ4v) is 4.93. The number of piperidine rings is 1. The number of halogens is 3. The fourth-order valence-electron chi connectivity index (χ4n) is 4.93. The molecule has 4 rings (SSSR count). The Kier molecular flexibility index (Phi) is 11.9. The van der Waals surface area contributed by atoms with Gasteiger partial charge in [-0.15, -0.1) is 12.4 Å². The quantitative estimate of drug-likeness (QED) is 0.431. The zero-order valence-electron chi connectivity index (χ0n) is 22.2. The van der Waals surface area contributed by atoms with Crippen molar-refractivity contribution in [3.63, 3.8) is 0 Å². The van der Waals surface area contributed by atoms with Gasteiger partial charge in [0.1, 0.15) is 5.75 Å². The van der Waals surface area contributed by atoms with E-state index in [0.717, 1.165) is 49.5 Å². The van der Waals surface area contributed by atoms with Gasteiger partial charge in [0.25, 0.3) is 5.91 Å². The van der Waals surface area contributed by atoms with Gasteiger partial charge in [-0.2, -0.15) is 0 Å². The predicted molar refractivity (Wildman–Crippen MR) is 146 cm³/mol. The number of hydrogen-bond donors (Lipinski definition) is 2. The molecule has 0 aliphatic carbocycles. The number of methoxy groups -OCH3 is 1. The van der Waals surface area contributed by atoms with E-state index in [2.05, 4.69) is 27.7 Å². The molecule has 0 aromatic heterocycles. The van der Waals surface area contributed by atoms with E-state index in [1.54, 1.807) is 7.11 Å². The summed E-state index contributed by atoms with van der Waals surface area (Å²) in [7, 11) is 1.68. The van der Waals surface area contributed by atoms with Crippen molar-refractivity contribution in [2.24, 2.45) is 5.92 Å². The first-order valence-corrected chi connectivity index (χ1v) is 13.1. The van der Waals surface area contributed by atoms with E-state index in [0.29, 0.717) is 45.8 Å². The summed E-state index contributed by atoms with van der Waals surface area (Å²) in [6.45, 7) is 5.87. The van der Waals surface area contributed by atoms with E-state index in [4.69, 9.17) is 9.47 Å². The molecule has 2 atom stereocenters. The van der Waals surface area contributed by atoms with Crippen LogP contribution in [0, 0.1) is 17.6 Å². The number of piperazine rings is 1. The van der Waals surface area contributed by atoms with Crippen LogP contribution in [0.3, 0.4) is 0 Å². The van der Waals surface area contributed by atoms with E-state index < -0.39 is 23.5 Å². The summed E-state index contributed by atoms with van der Waals surface area (Å²) in [5.74, 6) is -2.17. The number of carbonyl (C=O) groups excluding carboxylic acids is 2. The lowest BCUT2D eigenvalue weighted by atomic mass is 9.91. The number of rotatable bonds is 10. The largest absolute Gasteiger partial charge is 0.493 e. The highest BCUT2D eigenvalue weighted by atomic mass is 35.5. The highest BCUT2D eigenvalue weighted by Crippen LogP contribution is 2.20. The average molecular weight is 567 g/mol. The molecule has 2 N–H and O–H groups in total. The molecule has 2 heterocycles. The molecular weight excluding hydrogens is 530 g/mol. The first kappa shape index (κ1) is 30.7. The minimum absolute atomic E-state index is 0. The third-order valence-electron chi connectivity index (χ3n) is 7.05. The van der Waals surface area contributed by atoms with Gasteiger partial charge in [-0.25, -0.2) is 8.78 Å². The summed E-state index contributed by atoms with van der Waals surface area (Å²) in [6, 6.07) is 10.7. The van der Waals surface area contributed by atoms with E-state index in [9.17, 15) is 18.4 Å². The molecule has 2 amide bonds. The van der Waals surface area contributed by atoms with Crippen molar-refractivity contribution in [3.05, 3.63) is 65.2 Å². The van der Waals surface area contributed by atoms with Crippen LogP contribution in [0.15, 0.2) is 42.5 Å². The van der Waals surface area contributed by atoms with Crippen LogP contribution in [0.4, 0.5) is 8.78 Å². The molecular formula is C28H37ClF2N4O4. The summed E-state index contributed by atoms with van der Waals surface area (Å²) in [6.07, 6.45) is 1.41. The van der Waals surface area contributed by atoms with Crippen LogP contribution in [-0.2, 0) is 16.1 Å². The normalized spacial score (nSPS) is 19.7. The Morgan fingerprint density at radius 1 is 1.05 bits per heavy atom. The van der Waals surface area contributed by atoms with Crippen LogP contribution in [0.25, 0.3) is 0 Å².